The largest absolute Gasteiger partial charge is 0.496 e. The molecule has 0 bridgehead atoms. The number of para-hydroxylation sites is 2. The summed E-state index contributed by atoms with van der Waals surface area (Å²) in [6.45, 7) is 9.11. The van der Waals surface area contributed by atoms with E-state index in [-0.39, 0.29) is 17.2 Å². The quantitative estimate of drug-likeness (QED) is 0.347. The molecule has 5 rings (SSSR count). The van der Waals surface area contributed by atoms with Gasteiger partial charge in [0.05, 0.1) is 23.9 Å². The zero-order chi connectivity index (χ0) is 30.2. The Labute approximate surface area is 244 Å². The minimum atomic E-state index is -0.678. The first-order valence-electron chi connectivity index (χ1n) is 13.8. The third kappa shape index (κ3) is 5.71. The van der Waals surface area contributed by atoms with Crippen LogP contribution in [0.1, 0.15) is 52.9 Å². The van der Waals surface area contributed by atoms with Gasteiger partial charge in [-0.2, -0.15) is 0 Å². The normalized spacial score (nSPS) is 13.8. The Bertz CT molecular complexity index is 1690. The highest BCUT2D eigenvalue weighted by molar-refractivity contribution is 6.12. The van der Waals surface area contributed by atoms with Crippen LogP contribution in [0.15, 0.2) is 60.7 Å². The zero-order valence-electron chi connectivity index (χ0n) is 24.7. The number of amides is 2. The molecule has 4 aromatic rings. The molecule has 0 unspecified atom stereocenters. The fourth-order valence-corrected chi connectivity index (χ4v) is 5.09. The molecule has 1 N–H and O–H groups in total. The molecule has 0 saturated carbocycles. The van der Waals surface area contributed by atoms with E-state index < -0.39 is 17.6 Å². The molecule has 0 saturated heterocycles. The van der Waals surface area contributed by atoms with E-state index in [1.54, 1.807) is 69.0 Å². The van der Waals surface area contributed by atoms with Crippen molar-refractivity contribution in [1.82, 2.24) is 14.5 Å². The maximum atomic E-state index is 13.7. The Kier molecular flexibility index (Phi) is 7.74. The minimum absolute atomic E-state index is 0.170. The van der Waals surface area contributed by atoms with Crippen molar-refractivity contribution in [3.05, 3.63) is 83.2 Å². The van der Waals surface area contributed by atoms with Crippen LogP contribution in [0.3, 0.4) is 0 Å². The molecule has 1 aromatic heterocycles. The van der Waals surface area contributed by atoms with Crippen LogP contribution >= 0.6 is 0 Å². The molecule has 2 heterocycles. The summed E-state index contributed by atoms with van der Waals surface area (Å²) in [4.78, 5) is 48.5. The number of fused-ring (bicyclic) bond motifs is 2. The zero-order valence-corrected chi connectivity index (χ0v) is 24.7. The molecule has 3 aromatic carbocycles. The van der Waals surface area contributed by atoms with Crippen LogP contribution in [0.4, 0.5) is 16.2 Å². The summed E-state index contributed by atoms with van der Waals surface area (Å²) in [5, 5.41) is 2.89. The number of aryl methyl sites for hydroxylation is 1. The van der Waals surface area contributed by atoms with Gasteiger partial charge in [0.2, 0.25) is 0 Å². The van der Waals surface area contributed by atoms with Crippen molar-refractivity contribution in [3.63, 3.8) is 0 Å². The molecule has 42 heavy (non-hydrogen) atoms. The molecule has 0 radical (unpaired) electrons. The van der Waals surface area contributed by atoms with E-state index >= 15 is 0 Å². The maximum absolute atomic E-state index is 13.7. The van der Waals surface area contributed by atoms with E-state index in [4.69, 9.17) is 9.47 Å². The molecule has 0 spiro atoms. The number of nitrogens with zero attached hydrogens (tertiary/aromatic N) is 4. The smallest absolute Gasteiger partial charge is 0.420 e. The lowest BCUT2D eigenvalue weighted by molar-refractivity contribution is 0.0540. The first kappa shape index (κ1) is 28.8. The number of carbonyl (C=O) groups excluding carboxylic acids is 3. The highest BCUT2D eigenvalue weighted by Crippen LogP contribution is 2.30. The highest BCUT2D eigenvalue weighted by atomic mass is 16.6. The van der Waals surface area contributed by atoms with E-state index in [1.165, 1.54) is 11.7 Å². The van der Waals surface area contributed by atoms with Gasteiger partial charge in [0.1, 0.15) is 22.7 Å². The van der Waals surface area contributed by atoms with Gasteiger partial charge in [0.15, 0.2) is 0 Å². The summed E-state index contributed by atoms with van der Waals surface area (Å²) in [7, 11) is 3.49. The van der Waals surface area contributed by atoms with Gasteiger partial charge in [-0.25, -0.2) is 14.3 Å². The Hall–Kier alpha value is -4.70. The average Bonchev–Trinajstić information content (AvgIpc) is 3.19. The molecular formula is C32H35N5O5. The lowest BCUT2D eigenvalue weighted by Gasteiger charge is -2.23. The summed E-state index contributed by atoms with van der Waals surface area (Å²) in [5.74, 6) is 0.0874. The number of aromatic nitrogens is 2. The van der Waals surface area contributed by atoms with Gasteiger partial charge < -0.3 is 24.6 Å². The van der Waals surface area contributed by atoms with Crippen molar-refractivity contribution in [1.29, 1.82) is 0 Å². The third-order valence-corrected chi connectivity index (χ3v) is 7.04. The second-order valence-electron chi connectivity index (χ2n) is 11.3. The van der Waals surface area contributed by atoms with Crippen LogP contribution < -0.4 is 15.0 Å². The van der Waals surface area contributed by atoms with Gasteiger partial charge in [0, 0.05) is 30.9 Å². The number of methoxy groups -OCH3 is 1. The Balaban J connectivity index is 1.42. The molecule has 1 aliphatic rings. The molecule has 0 atom stereocenters. The summed E-state index contributed by atoms with van der Waals surface area (Å²) in [5.41, 5.74) is 3.33. The predicted octanol–water partition coefficient (Wildman–Crippen LogP) is 5.48. The number of benzene rings is 3. The van der Waals surface area contributed by atoms with Crippen molar-refractivity contribution in [3.8, 4) is 5.75 Å². The van der Waals surface area contributed by atoms with Crippen LogP contribution in [-0.4, -0.2) is 65.2 Å². The number of hydrogen-bond acceptors (Lipinski definition) is 7. The van der Waals surface area contributed by atoms with Gasteiger partial charge in [0.25, 0.3) is 11.8 Å². The number of carbonyl (C=O) groups is 3. The second-order valence-corrected chi connectivity index (χ2v) is 11.3. The van der Waals surface area contributed by atoms with E-state index in [1.807, 2.05) is 31.3 Å². The average molecular weight is 570 g/mol. The molecule has 0 aliphatic carbocycles. The summed E-state index contributed by atoms with van der Waals surface area (Å²) in [6, 6.07) is 17.9. The molecule has 10 nitrogen and oxygen atoms in total. The van der Waals surface area contributed by atoms with Crippen molar-refractivity contribution in [2.75, 3.05) is 37.5 Å². The van der Waals surface area contributed by atoms with E-state index in [0.29, 0.717) is 34.7 Å². The molecule has 218 valence electrons. The first-order valence-corrected chi connectivity index (χ1v) is 13.8. The number of hydrogen-bond donors (Lipinski definition) is 1. The maximum Gasteiger partial charge on any atom is 0.420 e. The highest BCUT2D eigenvalue weighted by Gasteiger charge is 2.26. The number of rotatable bonds is 4. The van der Waals surface area contributed by atoms with Gasteiger partial charge >= 0.3 is 6.09 Å². The van der Waals surface area contributed by atoms with Crippen molar-refractivity contribution >= 4 is 40.3 Å². The molecular weight excluding hydrogens is 534 g/mol. The van der Waals surface area contributed by atoms with E-state index in [9.17, 15) is 14.4 Å². The number of ether oxygens (including phenoxy) is 2. The Morgan fingerprint density at radius 3 is 2.48 bits per heavy atom. The van der Waals surface area contributed by atoms with E-state index in [2.05, 4.69) is 15.2 Å². The van der Waals surface area contributed by atoms with Gasteiger partial charge in [-0.1, -0.05) is 24.3 Å². The van der Waals surface area contributed by atoms with Crippen LogP contribution in [-0.2, 0) is 11.3 Å². The number of likely N-dealkylation sites (N-methyl/N-ethyl adjacent to an activating group) is 1. The molecule has 1 aliphatic heterocycles. The summed E-state index contributed by atoms with van der Waals surface area (Å²) < 4.78 is 12.5. The molecule has 10 heteroatoms. The van der Waals surface area contributed by atoms with Crippen LogP contribution in [0, 0.1) is 6.92 Å². The SMILES string of the molecule is COc1cc(C(=O)N2CCN(C)Cc3ccccc32)ccc1C(=O)Nc1cccc2c1nc(C)n2C(=O)OC(C)(C)C. The third-order valence-electron chi connectivity index (χ3n) is 7.04. The van der Waals surface area contributed by atoms with Crippen molar-refractivity contribution < 1.29 is 23.9 Å². The van der Waals surface area contributed by atoms with Gasteiger partial charge in [-0.05, 0) is 76.7 Å². The van der Waals surface area contributed by atoms with Crippen LogP contribution in [0.5, 0.6) is 5.75 Å². The Morgan fingerprint density at radius 2 is 1.74 bits per heavy atom. The number of imidazole rings is 1. The number of nitrogens with one attached hydrogen (secondary N) is 1. The fraction of sp³-hybridized carbons (Fsp3) is 0.312. The molecule has 0 fully saturated rings. The molecule has 2 amide bonds. The lowest BCUT2D eigenvalue weighted by atomic mass is 10.1. The summed E-state index contributed by atoms with van der Waals surface area (Å²) >= 11 is 0. The van der Waals surface area contributed by atoms with Crippen molar-refractivity contribution in [2.24, 2.45) is 0 Å². The summed E-state index contributed by atoms with van der Waals surface area (Å²) in [6.07, 6.45) is -0.549. The van der Waals surface area contributed by atoms with E-state index in [0.717, 1.165) is 24.3 Å². The van der Waals surface area contributed by atoms with Gasteiger partial charge in [-0.15, -0.1) is 0 Å². The monoisotopic (exact) mass is 569 g/mol. The first-order chi connectivity index (χ1) is 20.0. The number of anilines is 2. The van der Waals surface area contributed by atoms with Crippen LogP contribution in [0.2, 0.25) is 0 Å². The minimum Gasteiger partial charge on any atom is -0.496 e. The van der Waals surface area contributed by atoms with Crippen molar-refractivity contribution in [2.45, 2.75) is 39.8 Å². The van der Waals surface area contributed by atoms with Gasteiger partial charge in [-0.3, -0.25) is 9.59 Å². The predicted molar refractivity (Wildman–Crippen MR) is 162 cm³/mol. The topological polar surface area (TPSA) is 106 Å². The fourth-order valence-electron chi connectivity index (χ4n) is 5.09. The van der Waals surface area contributed by atoms with Crippen LogP contribution in [0.25, 0.3) is 11.0 Å². The standard InChI is InChI=1S/C32H35N5O5/c1-20-33-28-24(11-9-13-26(28)37(20)31(40)42-32(2,3)4)34-29(38)23-15-14-21(18-27(23)41-6)30(39)36-17-16-35(5)19-22-10-7-8-12-25(22)36/h7-15,18H,16-17,19H2,1-6H3,(H,34,38). The Morgan fingerprint density at radius 1 is 0.976 bits per heavy atom. The second kappa shape index (κ2) is 11.3. The lowest BCUT2D eigenvalue weighted by Crippen LogP contribution is -2.35.